The summed E-state index contributed by atoms with van der Waals surface area (Å²) in [4.78, 5) is 38.2. The van der Waals surface area contributed by atoms with Crippen molar-refractivity contribution in [2.45, 2.75) is 32.6 Å². The third-order valence-corrected chi connectivity index (χ3v) is 6.63. The minimum absolute atomic E-state index is 0.214. The molecule has 2 aliphatic rings. The third kappa shape index (κ3) is 3.52. The van der Waals surface area contributed by atoms with Crippen LogP contribution in [0.2, 0.25) is 0 Å². The Morgan fingerprint density at radius 2 is 1.81 bits per heavy atom. The fraction of sp³-hybridized carbons (Fsp3) is 0.304. The summed E-state index contributed by atoms with van der Waals surface area (Å²) < 4.78 is 5.93. The summed E-state index contributed by atoms with van der Waals surface area (Å²) in [6.45, 7) is 7.18. The maximum Gasteiger partial charge on any atom is 0.270 e. The van der Waals surface area contributed by atoms with Crippen LogP contribution in [0.5, 0.6) is 5.75 Å². The number of aryl methyl sites for hydroxylation is 2. The van der Waals surface area contributed by atoms with E-state index < -0.39 is 10.8 Å². The molecule has 4 rings (SSSR count). The van der Waals surface area contributed by atoms with Crippen molar-refractivity contribution in [3.05, 3.63) is 59.2 Å². The molecule has 1 unspecified atom stereocenters. The monoisotopic (exact) mass is 452 g/mol. The number of hydrogen-bond donors (Lipinski definition) is 1. The Labute approximate surface area is 190 Å². The van der Waals surface area contributed by atoms with Crippen molar-refractivity contribution < 1.29 is 19.1 Å². The van der Waals surface area contributed by atoms with Crippen LogP contribution >= 0.6 is 11.8 Å². The fourth-order valence-electron chi connectivity index (χ4n) is 4.03. The van der Waals surface area contributed by atoms with Crippen molar-refractivity contribution in [1.29, 1.82) is 0 Å². The van der Waals surface area contributed by atoms with Crippen LogP contribution in [0.3, 0.4) is 0 Å². The number of hydrogen-bond acceptors (Lipinski definition) is 6. The normalized spacial score (nSPS) is 19.2. The van der Waals surface area contributed by atoms with Crippen molar-refractivity contribution in [3.8, 4) is 5.75 Å². The molecule has 1 N–H and O–H groups in total. The molecule has 0 bridgehead atoms. The Hall–Kier alpha value is -3.33. The Kier molecular flexibility index (Phi) is 5.68. The molecule has 0 saturated carbocycles. The molecule has 0 aromatic heterocycles. The molecule has 9 heteroatoms. The Morgan fingerprint density at radius 1 is 1.09 bits per heavy atom. The molecule has 0 saturated heterocycles. The third-order valence-electron chi connectivity index (χ3n) is 5.39. The average molecular weight is 453 g/mol. The number of hydrazone groups is 1. The second-order valence-corrected chi connectivity index (χ2v) is 8.89. The lowest BCUT2D eigenvalue weighted by molar-refractivity contribution is -0.139. The van der Waals surface area contributed by atoms with Crippen LogP contribution in [0.25, 0.3) is 0 Å². The summed E-state index contributed by atoms with van der Waals surface area (Å²) in [5.74, 6) is -0.248. The van der Waals surface area contributed by atoms with Gasteiger partial charge in [0.15, 0.2) is 5.17 Å². The summed E-state index contributed by atoms with van der Waals surface area (Å²) >= 11 is 1.07. The zero-order valence-corrected chi connectivity index (χ0v) is 19.2. The van der Waals surface area contributed by atoms with Gasteiger partial charge in [-0.25, -0.2) is 0 Å². The number of nitrogens with one attached hydrogen (secondary N) is 1. The molecule has 0 aliphatic carbocycles. The van der Waals surface area contributed by atoms with Crippen LogP contribution in [0.4, 0.5) is 5.69 Å². The summed E-state index contributed by atoms with van der Waals surface area (Å²) in [6.07, 6.45) is 0. The number of carbonyl (C=O) groups excluding carboxylic acids is 3. The molecular formula is C23H24N4O4S. The number of amides is 3. The molecule has 0 radical (unpaired) electrons. The first-order chi connectivity index (χ1) is 15.3. The van der Waals surface area contributed by atoms with E-state index in [1.165, 1.54) is 18.9 Å². The molecule has 1 spiro atoms. The first-order valence-corrected chi connectivity index (χ1v) is 11.0. The molecule has 32 heavy (non-hydrogen) atoms. The zero-order valence-electron chi connectivity index (χ0n) is 18.3. The molecule has 2 aliphatic heterocycles. The van der Waals surface area contributed by atoms with E-state index in [1.807, 2.05) is 56.3 Å². The maximum absolute atomic E-state index is 13.9. The fourth-order valence-corrected chi connectivity index (χ4v) is 5.36. The average Bonchev–Trinajstić information content (AvgIpc) is 3.22. The van der Waals surface area contributed by atoms with Gasteiger partial charge < -0.3 is 15.0 Å². The van der Waals surface area contributed by atoms with E-state index in [-0.39, 0.29) is 23.6 Å². The topological polar surface area (TPSA) is 91.3 Å². The second kappa shape index (κ2) is 8.31. The number of ether oxygens (including phenoxy) is 1. The highest BCUT2D eigenvalue weighted by atomic mass is 32.2. The molecule has 2 aromatic carbocycles. The first kappa shape index (κ1) is 21.9. The highest BCUT2D eigenvalue weighted by Gasteiger charge is 2.61. The van der Waals surface area contributed by atoms with Crippen LogP contribution in [-0.4, -0.2) is 41.0 Å². The van der Waals surface area contributed by atoms with Crippen LogP contribution in [0, 0.1) is 13.8 Å². The van der Waals surface area contributed by atoms with E-state index in [4.69, 9.17) is 4.74 Å². The number of thioether (sulfide) groups is 1. The van der Waals surface area contributed by atoms with Gasteiger partial charge in [0.1, 0.15) is 12.4 Å². The van der Waals surface area contributed by atoms with Gasteiger partial charge in [0.2, 0.25) is 16.7 Å². The Balaban J connectivity index is 1.68. The van der Waals surface area contributed by atoms with Gasteiger partial charge in [-0.15, -0.1) is 5.10 Å². The van der Waals surface area contributed by atoms with E-state index in [2.05, 4.69) is 10.4 Å². The molecule has 3 amide bonds. The molecule has 1 atom stereocenters. The van der Waals surface area contributed by atoms with Gasteiger partial charge in [0, 0.05) is 19.4 Å². The van der Waals surface area contributed by atoms with Crippen LogP contribution in [0.15, 0.2) is 47.6 Å². The standard InChI is InChI=1S/C23H24N4O4S/c1-14-8-5-6-11-19(14)31-13-12-26-20-15(2)9-7-10-18(20)23(21(26)30)27(17(4)29)25-22(32-23)24-16(3)28/h5-11H,12-13H2,1-4H3,(H,24,25,28). The van der Waals surface area contributed by atoms with E-state index >= 15 is 0 Å². The number of amidine groups is 1. The number of para-hydroxylation sites is 2. The molecule has 2 aromatic rings. The van der Waals surface area contributed by atoms with Crippen molar-refractivity contribution in [3.63, 3.8) is 0 Å². The number of carbonyl (C=O) groups is 3. The van der Waals surface area contributed by atoms with Crippen LogP contribution in [-0.2, 0) is 19.3 Å². The predicted molar refractivity (Wildman–Crippen MR) is 123 cm³/mol. The van der Waals surface area contributed by atoms with E-state index in [1.54, 1.807) is 4.90 Å². The lowest BCUT2D eigenvalue weighted by Gasteiger charge is -2.29. The van der Waals surface area contributed by atoms with Crippen LogP contribution < -0.4 is 15.0 Å². The number of fused-ring (bicyclic) bond motifs is 2. The van der Waals surface area contributed by atoms with E-state index in [0.717, 1.165) is 34.3 Å². The van der Waals surface area contributed by atoms with Gasteiger partial charge in [-0.2, -0.15) is 5.01 Å². The van der Waals surface area contributed by atoms with Crippen LogP contribution in [0.1, 0.15) is 30.5 Å². The van der Waals surface area contributed by atoms with Gasteiger partial charge in [0.05, 0.1) is 12.2 Å². The first-order valence-electron chi connectivity index (χ1n) is 10.2. The summed E-state index contributed by atoms with van der Waals surface area (Å²) in [7, 11) is 0. The Morgan fingerprint density at radius 3 is 2.50 bits per heavy atom. The zero-order chi connectivity index (χ0) is 23.0. The largest absolute Gasteiger partial charge is 0.491 e. The van der Waals surface area contributed by atoms with Gasteiger partial charge in [0.25, 0.3) is 5.91 Å². The highest BCUT2D eigenvalue weighted by molar-refractivity contribution is 8.15. The number of nitrogens with zero attached hydrogens (tertiary/aromatic N) is 3. The predicted octanol–water partition coefficient (Wildman–Crippen LogP) is 2.88. The van der Waals surface area contributed by atoms with Gasteiger partial charge in [-0.1, -0.05) is 36.4 Å². The number of rotatable bonds is 4. The number of anilines is 1. The molecule has 166 valence electrons. The van der Waals surface area contributed by atoms with Crippen molar-refractivity contribution in [2.24, 2.45) is 5.10 Å². The number of benzene rings is 2. The van der Waals surface area contributed by atoms with Crippen molar-refractivity contribution in [1.82, 2.24) is 10.3 Å². The molecule has 2 heterocycles. The van der Waals surface area contributed by atoms with E-state index in [9.17, 15) is 14.4 Å². The smallest absolute Gasteiger partial charge is 0.270 e. The summed E-state index contributed by atoms with van der Waals surface area (Å²) in [6, 6.07) is 13.3. The second-order valence-electron chi connectivity index (χ2n) is 7.71. The minimum Gasteiger partial charge on any atom is -0.491 e. The summed E-state index contributed by atoms with van der Waals surface area (Å²) in [5.41, 5.74) is 3.32. The SMILES string of the molecule is CC(=O)NC1=NN(C(C)=O)C2(S1)C(=O)N(CCOc1ccccc1C)c1c(C)cccc12. The summed E-state index contributed by atoms with van der Waals surface area (Å²) in [5, 5.41) is 8.27. The minimum atomic E-state index is -1.40. The van der Waals surface area contributed by atoms with Crippen molar-refractivity contribution in [2.75, 3.05) is 18.1 Å². The molecule has 0 fully saturated rings. The molecular weight excluding hydrogens is 428 g/mol. The van der Waals surface area contributed by atoms with Crippen molar-refractivity contribution >= 4 is 40.3 Å². The lowest BCUT2D eigenvalue weighted by atomic mass is 10.0. The maximum atomic E-state index is 13.9. The van der Waals surface area contributed by atoms with Gasteiger partial charge in [-0.3, -0.25) is 14.4 Å². The highest BCUT2D eigenvalue weighted by Crippen LogP contribution is 2.55. The molecule has 8 nitrogen and oxygen atoms in total. The quantitative estimate of drug-likeness (QED) is 0.770. The van der Waals surface area contributed by atoms with Gasteiger partial charge in [-0.05, 0) is 42.8 Å². The Bertz CT molecular complexity index is 1150. The lowest BCUT2D eigenvalue weighted by Crippen LogP contribution is -2.49. The van der Waals surface area contributed by atoms with Gasteiger partial charge >= 0.3 is 0 Å². The van der Waals surface area contributed by atoms with E-state index in [0.29, 0.717) is 12.1 Å².